The van der Waals surface area contributed by atoms with E-state index < -0.39 is 0 Å². The molecule has 0 atom stereocenters. The number of methoxy groups -OCH3 is 1. The number of fused-ring (bicyclic) bond motifs is 1. The minimum atomic E-state index is 0.0528. The molecule has 0 spiro atoms. The van der Waals surface area contributed by atoms with E-state index in [1.54, 1.807) is 7.11 Å². The maximum atomic E-state index is 12.9. The monoisotopic (exact) mass is 353 g/mol. The van der Waals surface area contributed by atoms with Crippen LogP contribution >= 0.6 is 22.9 Å². The first-order chi connectivity index (χ1) is 11.1. The van der Waals surface area contributed by atoms with E-state index >= 15 is 0 Å². The number of benzene rings is 1. The first kappa shape index (κ1) is 18.1. The van der Waals surface area contributed by atoms with Crippen LogP contribution < -0.4 is 4.74 Å². The summed E-state index contributed by atoms with van der Waals surface area (Å²) in [4.78, 5) is 15.5. The highest BCUT2D eigenvalue weighted by molar-refractivity contribution is 7.21. The second-order valence-electron chi connectivity index (χ2n) is 5.61. The highest BCUT2D eigenvalue weighted by Crippen LogP contribution is 2.38. The lowest BCUT2D eigenvalue weighted by atomic mass is 10.2. The Morgan fingerprint density at radius 1 is 1.22 bits per heavy atom. The van der Waals surface area contributed by atoms with Crippen LogP contribution in [0, 0.1) is 0 Å². The van der Waals surface area contributed by atoms with Crippen LogP contribution in [0.2, 0.25) is 5.02 Å². The molecule has 1 amide bonds. The number of thiophene rings is 1. The summed E-state index contributed by atoms with van der Waals surface area (Å²) in [6.07, 6.45) is 4.19. The lowest BCUT2D eigenvalue weighted by Gasteiger charge is -2.21. The van der Waals surface area contributed by atoms with Crippen molar-refractivity contribution in [3.8, 4) is 5.75 Å². The van der Waals surface area contributed by atoms with Crippen LogP contribution in [0.15, 0.2) is 18.2 Å². The molecule has 0 saturated carbocycles. The Hall–Kier alpha value is -1.26. The van der Waals surface area contributed by atoms with Gasteiger partial charge in [-0.05, 0) is 31.0 Å². The standard InChI is InChI=1S/C18H24ClNO2S/c1-4-6-10-20(11-7-5-2)18(21)17-16(19)14-9-8-13(22-3)12-15(14)23-17/h8-9,12H,4-7,10-11H2,1-3H3. The maximum absolute atomic E-state index is 12.9. The number of ether oxygens (including phenoxy) is 1. The van der Waals surface area contributed by atoms with Crippen molar-refractivity contribution in [3.63, 3.8) is 0 Å². The van der Waals surface area contributed by atoms with Gasteiger partial charge in [-0.3, -0.25) is 4.79 Å². The van der Waals surface area contributed by atoms with Crippen molar-refractivity contribution in [3.05, 3.63) is 28.1 Å². The average Bonchev–Trinajstić information content (AvgIpc) is 2.90. The predicted octanol–water partition coefficient (Wildman–Crippen LogP) is 5.61. The van der Waals surface area contributed by atoms with Gasteiger partial charge in [0.15, 0.2) is 0 Å². The second kappa shape index (κ2) is 8.55. The fourth-order valence-electron chi connectivity index (χ4n) is 2.47. The van der Waals surface area contributed by atoms with Gasteiger partial charge in [0.2, 0.25) is 0 Å². The molecule has 0 aliphatic rings. The van der Waals surface area contributed by atoms with Gasteiger partial charge in [-0.15, -0.1) is 11.3 Å². The molecule has 0 saturated heterocycles. The van der Waals surface area contributed by atoms with Gasteiger partial charge in [-0.25, -0.2) is 0 Å². The minimum Gasteiger partial charge on any atom is -0.497 e. The van der Waals surface area contributed by atoms with Crippen LogP contribution in [0.25, 0.3) is 10.1 Å². The second-order valence-corrected chi connectivity index (χ2v) is 7.04. The molecule has 0 N–H and O–H groups in total. The van der Waals surface area contributed by atoms with E-state index in [-0.39, 0.29) is 5.91 Å². The molecule has 23 heavy (non-hydrogen) atoms. The van der Waals surface area contributed by atoms with Crippen molar-refractivity contribution in [2.45, 2.75) is 39.5 Å². The van der Waals surface area contributed by atoms with Crippen LogP contribution in [0.5, 0.6) is 5.75 Å². The molecule has 2 aromatic rings. The van der Waals surface area contributed by atoms with Gasteiger partial charge in [0.05, 0.1) is 12.1 Å². The molecule has 0 fully saturated rings. The molecular weight excluding hydrogens is 330 g/mol. The van der Waals surface area contributed by atoms with Gasteiger partial charge in [-0.1, -0.05) is 38.3 Å². The highest BCUT2D eigenvalue weighted by atomic mass is 35.5. The third-order valence-electron chi connectivity index (χ3n) is 3.88. The molecule has 126 valence electrons. The number of carbonyl (C=O) groups excluding carboxylic acids is 1. The molecule has 0 unspecified atom stereocenters. The summed E-state index contributed by atoms with van der Waals surface area (Å²) in [6.45, 7) is 5.87. The first-order valence-electron chi connectivity index (χ1n) is 8.17. The summed E-state index contributed by atoms with van der Waals surface area (Å²) in [7, 11) is 1.64. The number of amides is 1. The van der Waals surface area contributed by atoms with E-state index in [0.717, 1.165) is 54.6 Å². The quantitative estimate of drug-likeness (QED) is 0.617. The van der Waals surface area contributed by atoms with Gasteiger partial charge in [0, 0.05) is 23.2 Å². The Bertz CT molecular complexity index is 660. The zero-order valence-corrected chi connectivity index (χ0v) is 15.6. The number of carbonyl (C=O) groups is 1. The maximum Gasteiger partial charge on any atom is 0.265 e. The largest absolute Gasteiger partial charge is 0.497 e. The van der Waals surface area contributed by atoms with Crippen LogP contribution in [0.3, 0.4) is 0 Å². The molecular formula is C18H24ClNO2S. The van der Waals surface area contributed by atoms with Crippen molar-refractivity contribution >= 4 is 38.9 Å². The zero-order valence-electron chi connectivity index (χ0n) is 14.0. The summed E-state index contributed by atoms with van der Waals surface area (Å²) in [6, 6.07) is 5.73. The van der Waals surface area contributed by atoms with Crippen LogP contribution in [0.1, 0.15) is 49.2 Å². The normalized spacial score (nSPS) is 11.0. The van der Waals surface area contributed by atoms with Crippen molar-refractivity contribution in [2.24, 2.45) is 0 Å². The summed E-state index contributed by atoms with van der Waals surface area (Å²) in [5.74, 6) is 0.834. The molecule has 5 heteroatoms. The topological polar surface area (TPSA) is 29.5 Å². The summed E-state index contributed by atoms with van der Waals surface area (Å²) in [5.41, 5.74) is 0. The SMILES string of the molecule is CCCCN(CCCC)C(=O)c1sc2cc(OC)ccc2c1Cl. The summed E-state index contributed by atoms with van der Waals surface area (Å²) >= 11 is 7.94. The van der Waals surface area contributed by atoms with Gasteiger partial charge in [0.1, 0.15) is 10.6 Å². The van der Waals surface area contributed by atoms with E-state index in [1.165, 1.54) is 11.3 Å². The molecule has 0 aliphatic heterocycles. The Morgan fingerprint density at radius 3 is 2.43 bits per heavy atom. The third kappa shape index (κ3) is 4.18. The van der Waals surface area contributed by atoms with E-state index in [4.69, 9.17) is 16.3 Å². The smallest absolute Gasteiger partial charge is 0.265 e. The molecule has 1 aromatic carbocycles. The van der Waals surface area contributed by atoms with Crippen molar-refractivity contribution in [1.29, 1.82) is 0 Å². The number of rotatable bonds is 8. The van der Waals surface area contributed by atoms with Gasteiger partial charge in [0.25, 0.3) is 5.91 Å². The Kier molecular flexibility index (Phi) is 6.72. The Morgan fingerprint density at radius 2 is 1.87 bits per heavy atom. The summed E-state index contributed by atoms with van der Waals surface area (Å²) in [5, 5.41) is 1.49. The highest BCUT2D eigenvalue weighted by Gasteiger charge is 2.22. The van der Waals surface area contributed by atoms with E-state index in [2.05, 4.69) is 13.8 Å². The fourth-order valence-corrected chi connectivity index (χ4v) is 3.97. The molecule has 1 aromatic heterocycles. The van der Waals surface area contributed by atoms with Gasteiger partial charge < -0.3 is 9.64 Å². The van der Waals surface area contributed by atoms with Crippen LogP contribution in [-0.2, 0) is 0 Å². The molecule has 0 bridgehead atoms. The number of hydrogen-bond donors (Lipinski definition) is 0. The van der Waals surface area contributed by atoms with Crippen molar-refractivity contribution < 1.29 is 9.53 Å². The summed E-state index contributed by atoms with van der Waals surface area (Å²) < 4.78 is 6.24. The number of halogens is 1. The molecule has 2 rings (SSSR count). The van der Waals surface area contributed by atoms with Crippen molar-refractivity contribution in [1.82, 2.24) is 4.90 Å². The van der Waals surface area contributed by atoms with Crippen LogP contribution in [-0.4, -0.2) is 31.0 Å². The van der Waals surface area contributed by atoms with E-state index in [9.17, 15) is 4.79 Å². The lowest BCUT2D eigenvalue weighted by Crippen LogP contribution is -2.32. The predicted molar refractivity (Wildman–Crippen MR) is 99.1 cm³/mol. The molecule has 3 nitrogen and oxygen atoms in total. The lowest BCUT2D eigenvalue weighted by molar-refractivity contribution is 0.0756. The third-order valence-corrected chi connectivity index (χ3v) is 5.53. The fraction of sp³-hybridized carbons (Fsp3) is 0.500. The van der Waals surface area contributed by atoms with E-state index in [0.29, 0.717) is 9.90 Å². The van der Waals surface area contributed by atoms with Crippen molar-refractivity contribution in [2.75, 3.05) is 20.2 Å². The van der Waals surface area contributed by atoms with Gasteiger partial charge >= 0.3 is 0 Å². The van der Waals surface area contributed by atoms with E-state index in [1.807, 2.05) is 23.1 Å². The molecule has 0 radical (unpaired) electrons. The first-order valence-corrected chi connectivity index (χ1v) is 9.37. The number of nitrogens with zero attached hydrogens (tertiary/aromatic N) is 1. The Labute approximate surface area is 147 Å². The molecule has 1 heterocycles. The minimum absolute atomic E-state index is 0.0528. The molecule has 0 aliphatic carbocycles. The number of unbranched alkanes of at least 4 members (excludes halogenated alkanes) is 2. The van der Waals surface area contributed by atoms with Crippen LogP contribution in [0.4, 0.5) is 0 Å². The number of hydrogen-bond acceptors (Lipinski definition) is 3. The van der Waals surface area contributed by atoms with Gasteiger partial charge in [-0.2, -0.15) is 0 Å². The average molecular weight is 354 g/mol. The zero-order chi connectivity index (χ0) is 16.8. The Balaban J connectivity index is 2.31.